The molecule has 20 heavy (non-hydrogen) atoms. The molecule has 1 saturated heterocycles. The van der Waals surface area contributed by atoms with E-state index < -0.39 is 35.8 Å². The van der Waals surface area contributed by atoms with Gasteiger partial charge in [-0.15, -0.1) is 0 Å². The standard InChI is InChI=1S/C12H12F2N2O4/c13-7-2-1-3-8(10(7)14)15-12(20)16-5-6(17)4-9(16)11(18)19/h1-3,6,9,17H,4-5H2,(H,15,20)(H,18,19)/t6-,9-/m1/s1. The number of hydrogen-bond donors (Lipinski definition) is 3. The molecule has 1 heterocycles. The number of anilines is 1. The predicted octanol–water partition coefficient (Wildman–Crippen LogP) is 1.02. The van der Waals surface area contributed by atoms with E-state index in [1.54, 1.807) is 0 Å². The van der Waals surface area contributed by atoms with Crippen LogP contribution >= 0.6 is 0 Å². The number of hydrogen-bond acceptors (Lipinski definition) is 3. The molecule has 2 atom stereocenters. The van der Waals surface area contributed by atoms with E-state index in [4.69, 9.17) is 5.11 Å². The van der Waals surface area contributed by atoms with Gasteiger partial charge in [0.1, 0.15) is 6.04 Å². The van der Waals surface area contributed by atoms with Crippen molar-refractivity contribution in [1.29, 1.82) is 0 Å². The molecule has 1 aliphatic rings. The summed E-state index contributed by atoms with van der Waals surface area (Å²) in [5.74, 6) is -3.62. The Morgan fingerprint density at radius 3 is 2.70 bits per heavy atom. The van der Waals surface area contributed by atoms with Crippen molar-refractivity contribution in [1.82, 2.24) is 4.90 Å². The molecule has 8 heteroatoms. The van der Waals surface area contributed by atoms with Crippen molar-refractivity contribution in [3.8, 4) is 0 Å². The number of urea groups is 1. The molecule has 0 aliphatic carbocycles. The van der Waals surface area contributed by atoms with Crippen LogP contribution in [0.4, 0.5) is 19.3 Å². The van der Waals surface area contributed by atoms with E-state index in [-0.39, 0.29) is 18.7 Å². The quantitative estimate of drug-likeness (QED) is 0.757. The predicted molar refractivity (Wildman–Crippen MR) is 64.1 cm³/mol. The van der Waals surface area contributed by atoms with Crippen LogP contribution in [0.1, 0.15) is 6.42 Å². The monoisotopic (exact) mass is 286 g/mol. The molecule has 3 N–H and O–H groups in total. The van der Waals surface area contributed by atoms with Gasteiger partial charge in [-0.3, -0.25) is 0 Å². The zero-order valence-electron chi connectivity index (χ0n) is 10.2. The number of carboxylic acids is 1. The number of nitrogens with zero attached hydrogens (tertiary/aromatic N) is 1. The highest BCUT2D eigenvalue weighted by Gasteiger charge is 2.39. The number of aliphatic hydroxyl groups is 1. The second-order valence-corrected chi connectivity index (χ2v) is 4.43. The fourth-order valence-electron chi connectivity index (χ4n) is 2.06. The van der Waals surface area contributed by atoms with Crippen LogP contribution < -0.4 is 5.32 Å². The molecule has 0 spiro atoms. The van der Waals surface area contributed by atoms with E-state index in [0.717, 1.165) is 17.0 Å². The van der Waals surface area contributed by atoms with Crippen molar-refractivity contribution in [2.45, 2.75) is 18.6 Å². The third-order valence-electron chi connectivity index (χ3n) is 3.02. The summed E-state index contributed by atoms with van der Waals surface area (Å²) < 4.78 is 26.4. The second kappa shape index (κ2) is 5.41. The molecule has 0 aromatic heterocycles. The zero-order valence-corrected chi connectivity index (χ0v) is 10.2. The molecule has 1 fully saturated rings. The number of rotatable bonds is 2. The number of aliphatic carboxylic acids is 1. The second-order valence-electron chi connectivity index (χ2n) is 4.43. The largest absolute Gasteiger partial charge is 0.480 e. The maximum absolute atomic E-state index is 13.4. The van der Waals surface area contributed by atoms with E-state index in [1.165, 1.54) is 6.07 Å². The average molecular weight is 286 g/mol. The number of aliphatic hydroxyl groups excluding tert-OH is 1. The molecule has 0 bridgehead atoms. The van der Waals surface area contributed by atoms with Crippen molar-refractivity contribution >= 4 is 17.7 Å². The van der Waals surface area contributed by atoms with Crippen LogP contribution in [0.25, 0.3) is 0 Å². The lowest BCUT2D eigenvalue weighted by atomic mass is 10.2. The topological polar surface area (TPSA) is 89.9 Å². The first-order chi connectivity index (χ1) is 9.40. The molecule has 1 aromatic carbocycles. The average Bonchev–Trinajstić information content (AvgIpc) is 2.77. The number of amides is 2. The fraction of sp³-hybridized carbons (Fsp3) is 0.333. The van der Waals surface area contributed by atoms with Crippen molar-refractivity contribution in [2.24, 2.45) is 0 Å². The first kappa shape index (κ1) is 14.2. The lowest BCUT2D eigenvalue weighted by Crippen LogP contribution is -2.43. The Bertz CT molecular complexity index is 552. The molecule has 108 valence electrons. The molecule has 1 aromatic rings. The van der Waals surface area contributed by atoms with E-state index in [0.29, 0.717) is 0 Å². The number of halogens is 2. The van der Waals surface area contributed by atoms with Crippen LogP contribution in [0, 0.1) is 11.6 Å². The van der Waals surface area contributed by atoms with Gasteiger partial charge in [-0.05, 0) is 12.1 Å². The summed E-state index contributed by atoms with van der Waals surface area (Å²) in [6, 6.07) is 1.16. The summed E-state index contributed by atoms with van der Waals surface area (Å²) >= 11 is 0. The van der Waals surface area contributed by atoms with Crippen LogP contribution in [0.3, 0.4) is 0 Å². The molecule has 6 nitrogen and oxygen atoms in total. The lowest BCUT2D eigenvalue weighted by Gasteiger charge is -2.21. The Balaban J connectivity index is 2.15. The van der Waals surface area contributed by atoms with E-state index in [1.807, 2.05) is 0 Å². The summed E-state index contributed by atoms with van der Waals surface area (Å²) in [4.78, 5) is 23.7. The Labute approximate surface area is 112 Å². The van der Waals surface area contributed by atoms with Gasteiger partial charge in [0, 0.05) is 13.0 Å². The Morgan fingerprint density at radius 1 is 1.35 bits per heavy atom. The highest BCUT2D eigenvalue weighted by molar-refractivity contribution is 5.92. The van der Waals surface area contributed by atoms with Gasteiger partial charge in [0.25, 0.3) is 0 Å². The van der Waals surface area contributed by atoms with Gasteiger partial charge in [0.2, 0.25) is 0 Å². The molecule has 1 aliphatic heterocycles. The van der Waals surface area contributed by atoms with Crippen LogP contribution in [-0.2, 0) is 4.79 Å². The minimum absolute atomic E-state index is 0.103. The van der Waals surface area contributed by atoms with E-state index in [2.05, 4.69) is 5.32 Å². The van der Waals surface area contributed by atoms with E-state index >= 15 is 0 Å². The number of β-amino-alcohol motifs (C(OH)–C–C–N with tert-alkyl or cyclic N) is 1. The molecular weight excluding hydrogens is 274 g/mol. The minimum Gasteiger partial charge on any atom is -0.480 e. The first-order valence-corrected chi connectivity index (χ1v) is 5.82. The van der Waals surface area contributed by atoms with Gasteiger partial charge in [-0.25, -0.2) is 18.4 Å². The normalized spacial score (nSPS) is 21.9. The van der Waals surface area contributed by atoms with Gasteiger partial charge < -0.3 is 20.4 Å². The minimum atomic E-state index is -1.27. The van der Waals surface area contributed by atoms with Crippen LogP contribution in [0.15, 0.2) is 18.2 Å². The Morgan fingerprint density at radius 2 is 2.05 bits per heavy atom. The third kappa shape index (κ3) is 2.69. The van der Waals surface area contributed by atoms with Crippen LogP contribution in [0.5, 0.6) is 0 Å². The number of benzene rings is 1. The van der Waals surface area contributed by atoms with Gasteiger partial charge in [-0.1, -0.05) is 6.07 Å². The van der Waals surface area contributed by atoms with E-state index in [9.17, 15) is 23.5 Å². The molecule has 2 amide bonds. The Hall–Kier alpha value is -2.22. The first-order valence-electron chi connectivity index (χ1n) is 5.82. The van der Waals surface area contributed by atoms with Gasteiger partial charge in [0.05, 0.1) is 11.8 Å². The zero-order chi connectivity index (χ0) is 14.9. The highest BCUT2D eigenvalue weighted by Crippen LogP contribution is 2.21. The summed E-state index contributed by atoms with van der Waals surface area (Å²) in [5, 5.41) is 20.5. The van der Waals surface area contributed by atoms with Crippen LogP contribution in [-0.4, -0.2) is 45.8 Å². The number of likely N-dealkylation sites (tertiary alicyclic amines) is 1. The van der Waals surface area contributed by atoms with Crippen molar-refractivity contribution in [3.63, 3.8) is 0 Å². The SMILES string of the molecule is O=C(O)[C@H]1C[C@@H](O)CN1C(=O)Nc1cccc(F)c1F. The lowest BCUT2D eigenvalue weighted by molar-refractivity contribution is -0.141. The summed E-state index contributed by atoms with van der Waals surface area (Å²) in [6.07, 6.45) is -1.06. The fourth-order valence-corrected chi connectivity index (χ4v) is 2.06. The molecule has 0 saturated carbocycles. The molecular formula is C12H12F2N2O4. The van der Waals surface area contributed by atoms with Crippen molar-refractivity contribution in [2.75, 3.05) is 11.9 Å². The van der Waals surface area contributed by atoms with Gasteiger partial charge in [0.15, 0.2) is 11.6 Å². The third-order valence-corrected chi connectivity index (χ3v) is 3.02. The molecule has 2 rings (SSSR count). The van der Waals surface area contributed by atoms with Gasteiger partial charge >= 0.3 is 12.0 Å². The molecule has 0 unspecified atom stereocenters. The summed E-state index contributed by atoms with van der Waals surface area (Å²) in [7, 11) is 0. The number of nitrogens with one attached hydrogen (secondary N) is 1. The maximum atomic E-state index is 13.4. The van der Waals surface area contributed by atoms with Crippen molar-refractivity contribution < 1.29 is 28.6 Å². The smallest absolute Gasteiger partial charge is 0.326 e. The maximum Gasteiger partial charge on any atom is 0.326 e. The highest BCUT2D eigenvalue weighted by atomic mass is 19.2. The number of carbonyl (C=O) groups excluding carboxylic acids is 1. The van der Waals surface area contributed by atoms with Gasteiger partial charge in [-0.2, -0.15) is 0 Å². The van der Waals surface area contributed by atoms with Crippen molar-refractivity contribution in [3.05, 3.63) is 29.8 Å². The molecule has 0 radical (unpaired) electrons. The summed E-state index contributed by atoms with van der Waals surface area (Å²) in [5.41, 5.74) is -0.388. The Kier molecular flexibility index (Phi) is 3.84. The number of carbonyl (C=O) groups is 2. The van der Waals surface area contributed by atoms with Crippen LogP contribution in [0.2, 0.25) is 0 Å². The number of carboxylic acid groups (broad SMARTS) is 1. The summed E-state index contributed by atoms with van der Waals surface area (Å²) in [6.45, 7) is -0.181.